The molecule has 0 aliphatic heterocycles. The molecule has 0 radical (unpaired) electrons. The molecule has 14 heavy (non-hydrogen) atoms. The van der Waals surface area contributed by atoms with Gasteiger partial charge < -0.3 is 10.2 Å². The molecule has 0 fully saturated rings. The molecule has 0 aliphatic rings. The predicted molar refractivity (Wildman–Crippen MR) is 62.8 cm³/mol. The Labute approximate surface area is 86.9 Å². The van der Waals surface area contributed by atoms with Crippen molar-refractivity contribution in [2.24, 2.45) is 0 Å². The van der Waals surface area contributed by atoms with E-state index in [2.05, 4.69) is 55.5 Å². The summed E-state index contributed by atoms with van der Waals surface area (Å²) in [6, 6.07) is 8.40. The first-order chi connectivity index (χ1) is 6.70. The summed E-state index contributed by atoms with van der Waals surface area (Å²) in [7, 11) is 4.21. The molecule has 0 amide bonds. The third kappa shape index (κ3) is 3.79. The Hall–Kier alpha value is -1.02. The van der Waals surface area contributed by atoms with Crippen LogP contribution in [-0.4, -0.2) is 32.1 Å². The predicted octanol–water partition coefficient (Wildman–Crippen LogP) is 2.36. The van der Waals surface area contributed by atoms with E-state index in [1.54, 1.807) is 0 Å². The maximum Gasteiger partial charge on any atom is 0.0369 e. The van der Waals surface area contributed by atoms with Crippen molar-refractivity contribution in [3.63, 3.8) is 0 Å². The van der Waals surface area contributed by atoms with Gasteiger partial charge in [0.2, 0.25) is 0 Å². The lowest BCUT2D eigenvalue weighted by Gasteiger charge is -2.11. The van der Waals surface area contributed by atoms with Crippen molar-refractivity contribution in [2.75, 3.05) is 32.5 Å². The van der Waals surface area contributed by atoms with Crippen molar-refractivity contribution in [1.29, 1.82) is 0 Å². The number of benzene rings is 1. The molecule has 0 heterocycles. The summed E-state index contributed by atoms with van der Waals surface area (Å²) >= 11 is 0. The number of aryl methyl sites for hydroxylation is 1. The van der Waals surface area contributed by atoms with Gasteiger partial charge in [-0.25, -0.2) is 0 Å². The maximum atomic E-state index is 3.44. The van der Waals surface area contributed by atoms with Crippen LogP contribution in [0.15, 0.2) is 24.3 Å². The molecule has 0 aliphatic carbocycles. The molecule has 78 valence electrons. The highest BCUT2D eigenvalue weighted by Gasteiger charge is 1.95. The number of rotatable bonds is 5. The van der Waals surface area contributed by atoms with Gasteiger partial charge in [0.1, 0.15) is 0 Å². The van der Waals surface area contributed by atoms with Crippen LogP contribution in [0.4, 0.5) is 5.69 Å². The zero-order valence-electron chi connectivity index (χ0n) is 9.38. The molecule has 0 aromatic heterocycles. The second-order valence-corrected chi connectivity index (χ2v) is 3.90. The number of para-hydroxylation sites is 1. The van der Waals surface area contributed by atoms with E-state index < -0.39 is 0 Å². The minimum atomic E-state index is 1.04. The average molecular weight is 192 g/mol. The fraction of sp³-hybridized carbons (Fsp3) is 0.500. The number of anilines is 1. The van der Waals surface area contributed by atoms with Crippen LogP contribution >= 0.6 is 0 Å². The van der Waals surface area contributed by atoms with Gasteiger partial charge >= 0.3 is 0 Å². The van der Waals surface area contributed by atoms with Crippen molar-refractivity contribution in [2.45, 2.75) is 13.3 Å². The highest BCUT2D eigenvalue weighted by atomic mass is 15.1. The van der Waals surface area contributed by atoms with Crippen LogP contribution in [0.3, 0.4) is 0 Å². The number of nitrogens with one attached hydrogen (secondary N) is 1. The Morgan fingerprint density at radius 1 is 1.21 bits per heavy atom. The van der Waals surface area contributed by atoms with Gasteiger partial charge in [0.15, 0.2) is 0 Å². The average Bonchev–Trinajstić information content (AvgIpc) is 2.15. The third-order valence-electron chi connectivity index (χ3n) is 2.24. The van der Waals surface area contributed by atoms with Crippen LogP contribution < -0.4 is 5.32 Å². The lowest BCUT2D eigenvalue weighted by atomic mass is 10.2. The standard InChI is InChI=1S/C12H20N2/c1-11-7-4-5-8-12(11)13-9-6-10-14(2)3/h4-5,7-8,13H,6,9-10H2,1-3H3. The molecule has 0 atom stereocenters. The van der Waals surface area contributed by atoms with Crippen molar-refractivity contribution in [1.82, 2.24) is 4.90 Å². The molecule has 1 N–H and O–H groups in total. The number of hydrogen-bond acceptors (Lipinski definition) is 2. The van der Waals surface area contributed by atoms with Crippen LogP contribution in [-0.2, 0) is 0 Å². The molecule has 2 nitrogen and oxygen atoms in total. The van der Waals surface area contributed by atoms with E-state index in [9.17, 15) is 0 Å². The van der Waals surface area contributed by atoms with Gasteiger partial charge in [0.25, 0.3) is 0 Å². The third-order valence-corrected chi connectivity index (χ3v) is 2.24. The molecule has 1 aromatic rings. The molecule has 0 unspecified atom stereocenters. The quantitative estimate of drug-likeness (QED) is 0.720. The van der Waals surface area contributed by atoms with Crippen LogP contribution in [0.1, 0.15) is 12.0 Å². The van der Waals surface area contributed by atoms with Gasteiger partial charge in [-0.05, 0) is 45.6 Å². The zero-order chi connectivity index (χ0) is 10.4. The van der Waals surface area contributed by atoms with E-state index in [1.807, 2.05) is 0 Å². The van der Waals surface area contributed by atoms with E-state index in [0.29, 0.717) is 0 Å². The smallest absolute Gasteiger partial charge is 0.0369 e. The van der Waals surface area contributed by atoms with Crippen LogP contribution in [0.2, 0.25) is 0 Å². The van der Waals surface area contributed by atoms with E-state index in [-0.39, 0.29) is 0 Å². The van der Waals surface area contributed by atoms with Gasteiger partial charge in [0, 0.05) is 12.2 Å². The van der Waals surface area contributed by atoms with E-state index in [4.69, 9.17) is 0 Å². The van der Waals surface area contributed by atoms with Crippen LogP contribution in [0.5, 0.6) is 0 Å². The van der Waals surface area contributed by atoms with E-state index in [1.165, 1.54) is 17.7 Å². The topological polar surface area (TPSA) is 15.3 Å². The molecule has 0 saturated heterocycles. The Kier molecular flexibility index (Phi) is 4.47. The Bertz CT molecular complexity index is 269. The molecule has 0 spiro atoms. The fourth-order valence-corrected chi connectivity index (χ4v) is 1.39. The van der Waals surface area contributed by atoms with Crippen molar-refractivity contribution in [3.05, 3.63) is 29.8 Å². The summed E-state index contributed by atoms with van der Waals surface area (Å²) in [5.74, 6) is 0. The van der Waals surface area contributed by atoms with Crippen molar-refractivity contribution in [3.8, 4) is 0 Å². The normalized spacial score (nSPS) is 10.6. The first-order valence-electron chi connectivity index (χ1n) is 5.14. The zero-order valence-corrected chi connectivity index (χ0v) is 9.38. The number of nitrogens with zero attached hydrogens (tertiary/aromatic N) is 1. The second kappa shape index (κ2) is 5.66. The molecule has 1 aromatic carbocycles. The minimum absolute atomic E-state index is 1.04. The van der Waals surface area contributed by atoms with Gasteiger partial charge in [-0.1, -0.05) is 18.2 Å². The molecular weight excluding hydrogens is 172 g/mol. The summed E-state index contributed by atoms with van der Waals surface area (Å²) in [6.07, 6.45) is 1.18. The highest BCUT2D eigenvalue weighted by molar-refractivity contribution is 5.49. The lowest BCUT2D eigenvalue weighted by Crippen LogP contribution is -2.16. The van der Waals surface area contributed by atoms with Gasteiger partial charge in [-0.2, -0.15) is 0 Å². The molecule has 0 saturated carbocycles. The Balaban J connectivity index is 2.28. The van der Waals surface area contributed by atoms with Crippen LogP contribution in [0, 0.1) is 6.92 Å². The first-order valence-corrected chi connectivity index (χ1v) is 5.14. The highest BCUT2D eigenvalue weighted by Crippen LogP contribution is 2.12. The Morgan fingerprint density at radius 3 is 2.57 bits per heavy atom. The maximum absolute atomic E-state index is 3.44. The van der Waals surface area contributed by atoms with Gasteiger partial charge in [0.05, 0.1) is 0 Å². The van der Waals surface area contributed by atoms with Crippen molar-refractivity contribution < 1.29 is 0 Å². The van der Waals surface area contributed by atoms with Crippen LogP contribution in [0.25, 0.3) is 0 Å². The summed E-state index contributed by atoms with van der Waals surface area (Å²) in [5.41, 5.74) is 2.57. The molecule has 2 heteroatoms. The second-order valence-electron chi connectivity index (χ2n) is 3.90. The largest absolute Gasteiger partial charge is 0.385 e. The van der Waals surface area contributed by atoms with Gasteiger partial charge in [-0.15, -0.1) is 0 Å². The molecule has 1 rings (SSSR count). The minimum Gasteiger partial charge on any atom is -0.385 e. The summed E-state index contributed by atoms with van der Waals surface area (Å²) in [6.45, 7) is 4.32. The van der Waals surface area contributed by atoms with E-state index >= 15 is 0 Å². The lowest BCUT2D eigenvalue weighted by molar-refractivity contribution is 0.405. The fourth-order valence-electron chi connectivity index (χ4n) is 1.39. The van der Waals surface area contributed by atoms with Crippen molar-refractivity contribution >= 4 is 5.69 Å². The van der Waals surface area contributed by atoms with E-state index in [0.717, 1.165) is 13.1 Å². The summed E-state index contributed by atoms with van der Waals surface area (Å²) in [5, 5.41) is 3.44. The SMILES string of the molecule is Cc1ccccc1NCCCN(C)C. The van der Waals surface area contributed by atoms with Gasteiger partial charge in [-0.3, -0.25) is 0 Å². The molecule has 0 bridgehead atoms. The monoisotopic (exact) mass is 192 g/mol. The Morgan fingerprint density at radius 2 is 1.93 bits per heavy atom. The number of hydrogen-bond donors (Lipinski definition) is 1. The molecular formula is C12H20N2. The first kappa shape index (κ1) is 11.1. The summed E-state index contributed by atoms with van der Waals surface area (Å²) in [4.78, 5) is 2.21. The summed E-state index contributed by atoms with van der Waals surface area (Å²) < 4.78 is 0.